The molecule has 6 rings (SSSR count). The number of ether oxygens (including phenoxy) is 1. The SMILES string of the molecule is C=CCN(Cc1ccccc1)C(=O)[C@@H]1[C@H]2C(=O)N([C@@H](CO)[C@@H](C)CC)C(C(=O)N(CC=C)c3ccc4ccccc4c3)C23CC(C)[C@@]1(C)O3. The fourth-order valence-electron chi connectivity index (χ4n) is 8.84. The van der Waals surface area contributed by atoms with E-state index in [2.05, 4.69) is 20.1 Å². The summed E-state index contributed by atoms with van der Waals surface area (Å²) in [7, 11) is 0. The van der Waals surface area contributed by atoms with Crippen LogP contribution in [0.1, 0.15) is 46.1 Å². The third kappa shape index (κ3) is 5.59. The molecule has 3 saturated heterocycles. The molecule has 8 heteroatoms. The third-order valence-corrected chi connectivity index (χ3v) is 11.6. The van der Waals surface area contributed by atoms with E-state index >= 15 is 9.59 Å². The van der Waals surface area contributed by atoms with Crippen molar-refractivity contribution in [3.05, 3.63) is 104 Å². The summed E-state index contributed by atoms with van der Waals surface area (Å²) < 4.78 is 7.08. The van der Waals surface area contributed by atoms with Crippen molar-refractivity contribution in [3.8, 4) is 0 Å². The maximum absolute atomic E-state index is 15.3. The van der Waals surface area contributed by atoms with Gasteiger partial charge in [-0.05, 0) is 53.6 Å². The van der Waals surface area contributed by atoms with E-state index in [4.69, 9.17) is 4.74 Å². The Morgan fingerprint density at radius 2 is 1.69 bits per heavy atom. The molecule has 3 amide bonds. The summed E-state index contributed by atoms with van der Waals surface area (Å²) in [6.07, 6.45) is 4.51. The summed E-state index contributed by atoms with van der Waals surface area (Å²) in [5.41, 5.74) is -0.587. The quantitative estimate of drug-likeness (QED) is 0.227. The van der Waals surface area contributed by atoms with Crippen LogP contribution in [0.5, 0.6) is 0 Å². The molecule has 3 aliphatic heterocycles. The van der Waals surface area contributed by atoms with Gasteiger partial charge in [-0.1, -0.05) is 100 Å². The fourth-order valence-corrected chi connectivity index (χ4v) is 8.84. The molecule has 0 aromatic heterocycles. The molecule has 0 radical (unpaired) electrons. The summed E-state index contributed by atoms with van der Waals surface area (Å²) in [5, 5.41) is 12.9. The van der Waals surface area contributed by atoms with Gasteiger partial charge in [0.05, 0.1) is 30.1 Å². The smallest absolute Gasteiger partial charge is 0.253 e. The van der Waals surface area contributed by atoms with Crippen molar-refractivity contribution in [2.75, 3.05) is 24.6 Å². The van der Waals surface area contributed by atoms with Crippen LogP contribution in [0.15, 0.2) is 98.1 Å². The Morgan fingerprint density at radius 3 is 2.35 bits per heavy atom. The number of nitrogens with zero attached hydrogens (tertiary/aromatic N) is 3. The number of hydrogen-bond donors (Lipinski definition) is 1. The first-order valence-electron chi connectivity index (χ1n) is 17.5. The van der Waals surface area contributed by atoms with E-state index < -0.39 is 35.1 Å². The number of aliphatic hydroxyl groups excluding tert-OH is 1. The van der Waals surface area contributed by atoms with Crippen molar-refractivity contribution in [1.29, 1.82) is 0 Å². The van der Waals surface area contributed by atoms with Crippen molar-refractivity contribution in [2.24, 2.45) is 23.7 Å². The van der Waals surface area contributed by atoms with Crippen LogP contribution in [0.2, 0.25) is 0 Å². The predicted molar refractivity (Wildman–Crippen MR) is 192 cm³/mol. The summed E-state index contributed by atoms with van der Waals surface area (Å²) in [5.74, 6) is -2.73. The third-order valence-electron chi connectivity index (χ3n) is 11.6. The molecule has 2 bridgehead atoms. The van der Waals surface area contributed by atoms with Gasteiger partial charge >= 0.3 is 0 Å². The standard InChI is InChI=1S/C41H49N3O5/c1-7-21-42(25-29-15-11-10-12-16-29)37(46)34-35-38(47)44(33(26-45)27(4)9-3)36(41(35)24-28(5)40(34,6)49-41)39(48)43(22-8-2)32-20-19-30-17-13-14-18-31(30)23-32/h7-8,10-20,23,27-28,33-36,45H,1-2,9,21-22,24-26H2,3-6H3/t27-,28?,33-,34-,35-,36?,40+,41?/m0/s1. The van der Waals surface area contributed by atoms with E-state index in [0.717, 1.165) is 16.3 Å². The molecule has 0 saturated carbocycles. The molecular formula is C41H49N3O5. The molecule has 49 heavy (non-hydrogen) atoms. The van der Waals surface area contributed by atoms with Gasteiger partial charge < -0.3 is 24.5 Å². The van der Waals surface area contributed by atoms with E-state index in [1.54, 1.807) is 26.9 Å². The molecule has 8 nitrogen and oxygen atoms in total. The van der Waals surface area contributed by atoms with Gasteiger partial charge in [0.25, 0.3) is 5.91 Å². The number of anilines is 1. The van der Waals surface area contributed by atoms with Gasteiger partial charge in [0, 0.05) is 25.3 Å². The number of rotatable bonds is 13. The Balaban J connectivity index is 1.48. The topological polar surface area (TPSA) is 90.4 Å². The second kappa shape index (κ2) is 13.6. The molecule has 3 unspecified atom stereocenters. The van der Waals surface area contributed by atoms with E-state index in [-0.39, 0.29) is 42.7 Å². The van der Waals surface area contributed by atoms with Crippen molar-refractivity contribution >= 4 is 34.2 Å². The van der Waals surface area contributed by atoms with Crippen LogP contribution in [0.4, 0.5) is 5.69 Å². The lowest BCUT2D eigenvalue weighted by Gasteiger charge is -2.41. The summed E-state index contributed by atoms with van der Waals surface area (Å²) in [4.78, 5) is 50.2. The second-order valence-corrected chi connectivity index (χ2v) is 14.3. The van der Waals surface area contributed by atoms with Crippen molar-refractivity contribution < 1.29 is 24.2 Å². The van der Waals surface area contributed by atoms with Crippen molar-refractivity contribution in [2.45, 2.75) is 70.4 Å². The number of fused-ring (bicyclic) bond motifs is 2. The number of carbonyl (C=O) groups excluding carboxylic acids is 3. The highest BCUT2D eigenvalue weighted by Crippen LogP contribution is 2.66. The van der Waals surface area contributed by atoms with E-state index in [1.807, 2.05) is 93.6 Å². The monoisotopic (exact) mass is 663 g/mol. The Kier molecular flexibility index (Phi) is 9.57. The lowest BCUT2D eigenvalue weighted by molar-refractivity contribution is -0.155. The van der Waals surface area contributed by atoms with Crippen molar-refractivity contribution in [3.63, 3.8) is 0 Å². The lowest BCUT2D eigenvalue weighted by Crippen LogP contribution is -2.60. The minimum atomic E-state index is -1.26. The summed E-state index contributed by atoms with van der Waals surface area (Å²) >= 11 is 0. The zero-order valence-electron chi connectivity index (χ0n) is 29.1. The van der Waals surface area contributed by atoms with Gasteiger partial charge in [-0.2, -0.15) is 0 Å². The highest BCUT2D eigenvalue weighted by molar-refractivity contribution is 6.06. The van der Waals surface area contributed by atoms with Gasteiger partial charge in [-0.15, -0.1) is 13.2 Å². The average Bonchev–Trinajstić information content (AvgIpc) is 3.63. The molecule has 3 fully saturated rings. The molecule has 3 aromatic carbocycles. The molecule has 1 N–H and O–H groups in total. The van der Waals surface area contributed by atoms with Crippen LogP contribution in [-0.4, -0.2) is 75.6 Å². The first kappa shape index (κ1) is 34.6. The number of aliphatic hydroxyl groups is 1. The molecule has 258 valence electrons. The highest BCUT2D eigenvalue weighted by atomic mass is 16.5. The zero-order valence-corrected chi connectivity index (χ0v) is 29.1. The van der Waals surface area contributed by atoms with Gasteiger partial charge in [-0.25, -0.2) is 0 Å². The minimum Gasteiger partial charge on any atom is -0.394 e. The molecule has 8 atom stereocenters. The van der Waals surface area contributed by atoms with Gasteiger partial charge in [-0.3, -0.25) is 14.4 Å². The number of likely N-dealkylation sites (tertiary alicyclic amines) is 1. The molecular weight excluding hydrogens is 614 g/mol. The normalized spacial score (nSPS) is 28.3. The molecule has 3 aliphatic rings. The van der Waals surface area contributed by atoms with E-state index in [0.29, 0.717) is 31.6 Å². The van der Waals surface area contributed by atoms with Crippen molar-refractivity contribution in [1.82, 2.24) is 9.80 Å². The van der Waals surface area contributed by atoms with E-state index in [1.165, 1.54) is 0 Å². The molecule has 1 spiro atoms. The van der Waals surface area contributed by atoms with Crippen LogP contribution < -0.4 is 4.90 Å². The maximum atomic E-state index is 15.3. The predicted octanol–water partition coefficient (Wildman–Crippen LogP) is 5.99. The fraction of sp³-hybridized carbons (Fsp3) is 0.439. The van der Waals surface area contributed by atoms with Crippen LogP contribution in [0, 0.1) is 23.7 Å². The van der Waals surface area contributed by atoms with Crippen LogP contribution >= 0.6 is 0 Å². The Labute approximate surface area is 290 Å². The number of carbonyl (C=O) groups is 3. The Bertz CT molecular complexity index is 1740. The lowest BCUT2D eigenvalue weighted by atomic mass is 9.62. The van der Waals surface area contributed by atoms with Gasteiger partial charge in [0.15, 0.2) is 0 Å². The number of amides is 3. The summed E-state index contributed by atoms with van der Waals surface area (Å²) in [6.45, 7) is 16.4. The Morgan fingerprint density at radius 1 is 1.02 bits per heavy atom. The zero-order chi connectivity index (χ0) is 35.1. The first-order chi connectivity index (χ1) is 23.6. The average molecular weight is 664 g/mol. The largest absolute Gasteiger partial charge is 0.394 e. The van der Waals surface area contributed by atoms with Crippen LogP contribution in [-0.2, 0) is 25.7 Å². The van der Waals surface area contributed by atoms with Gasteiger partial charge in [0.2, 0.25) is 11.8 Å². The minimum absolute atomic E-state index is 0.109. The number of hydrogen-bond acceptors (Lipinski definition) is 5. The summed E-state index contributed by atoms with van der Waals surface area (Å²) in [6, 6.07) is 21.9. The van der Waals surface area contributed by atoms with Gasteiger partial charge in [0.1, 0.15) is 11.6 Å². The highest BCUT2D eigenvalue weighted by Gasteiger charge is 2.80. The van der Waals surface area contributed by atoms with E-state index in [9.17, 15) is 9.90 Å². The maximum Gasteiger partial charge on any atom is 0.253 e. The number of benzene rings is 3. The second-order valence-electron chi connectivity index (χ2n) is 14.3. The first-order valence-corrected chi connectivity index (χ1v) is 17.5. The molecule has 0 aliphatic carbocycles. The molecule has 3 aromatic rings. The molecule has 3 heterocycles. The van der Waals surface area contributed by atoms with Crippen LogP contribution in [0.3, 0.4) is 0 Å². The van der Waals surface area contributed by atoms with Crippen LogP contribution in [0.25, 0.3) is 10.8 Å². The Hall–Kier alpha value is -4.27.